The van der Waals surface area contributed by atoms with Crippen molar-refractivity contribution in [2.45, 2.75) is 11.8 Å². The normalized spacial score (nSPS) is 14.2. The van der Waals surface area contributed by atoms with E-state index in [9.17, 15) is 0 Å². The van der Waals surface area contributed by atoms with Crippen LogP contribution in [-0.4, -0.2) is 0 Å². The molecule has 0 radical (unpaired) electrons. The van der Waals surface area contributed by atoms with Crippen molar-refractivity contribution in [3.63, 3.8) is 0 Å². The van der Waals surface area contributed by atoms with Crippen LogP contribution >= 0.6 is 0 Å². The van der Waals surface area contributed by atoms with E-state index in [2.05, 4.69) is 157 Å². The fourth-order valence-electron chi connectivity index (χ4n) is 6.94. The Bertz CT molecular complexity index is 1790. The number of benzene rings is 6. The molecule has 184 valence electrons. The minimum Gasteiger partial charge on any atom is -0.310 e. The SMILES string of the molecule is c1ccc(N2c3ccccc3C(c3ccccc3)(c3ccc4c(c3)-c3ccccc3C4)c3ccccc32)cc1. The van der Waals surface area contributed by atoms with Crippen molar-refractivity contribution in [2.24, 2.45) is 0 Å². The topological polar surface area (TPSA) is 3.24 Å². The highest BCUT2D eigenvalue weighted by Gasteiger charge is 2.46. The summed E-state index contributed by atoms with van der Waals surface area (Å²) in [5.74, 6) is 0. The molecular weight excluding hydrogens is 470 g/mol. The Hall–Kier alpha value is -4.88. The molecule has 0 aromatic heterocycles. The Balaban J connectivity index is 1.49. The van der Waals surface area contributed by atoms with Gasteiger partial charge in [0.1, 0.15) is 0 Å². The summed E-state index contributed by atoms with van der Waals surface area (Å²) in [6.45, 7) is 0. The van der Waals surface area contributed by atoms with E-state index in [-0.39, 0.29) is 0 Å². The molecule has 2 aliphatic rings. The lowest BCUT2D eigenvalue weighted by Crippen LogP contribution is -2.37. The van der Waals surface area contributed by atoms with Gasteiger partial charge in [0.2, 0.25) is 0 Å². The quantitative estimate of drug-likeness (QED) is 0.235. The number of fused-ring (bicyclic) bond motifs is 5. The summed E-state index contributed by atoms with van der Waals surface area (Å²) in [6, 6.07) is 55.8. The first-order valence-electron chi connectivity index (χ1n) is 13.7. The molecular formula is C38H27N. The van der Waals surface area contributed by atoms with Gasteiger partial charge < -0.3 is 4.90 Å². The molecule has 0 spiro atoms. The number of para-hydroxylation sites is 3. The summed E-state index contributed by atoms with van der Waals surface area (Å²) in [5.41, 5.74) is 13.9. The van der Waals surface area contributed by atoms with Crippen molar-refractivity contribution in [2.75, 3.05) is 4.90 Å². The Morgan fingerprint density at radius 2 is 1.00 bits per heavy atom. The third-order valence-corrected chi connectivity index (χ3v) is 8.55. The number of rotatable bonds is 3. The van der Waals surface area contributed by atoms with E-state index in [1.54, 1.807) is 0 Å². The molecule has 6 aromatic rings. The second-order valence-electron chi connectivity index (χ2n) is 10.5. The molecule has 0 amide bonds. The van der Waals surface area contributed by atoms with Gasteiger partial charge in [-0.05, 0) is 81.3 Å². The van der Waals surface area contributed by atoms with Gasteiger partial charge >= 0.3 is 0 Å². The van der Waals surface area contributed by atoms with Gasteiger partial charge in [-0.15, -0.1) is 0 Å². The van der Waals surface area contributed by atoms with Gasteiger partial charge in [0.05, 0.1) is 16.8 Å². The van der Waals surface area contributed by atoms with Gasteiger partial charge in [-0.25, -0.2) is 0 Å². The summed E-state index contributed by atoms with van der Waals surface area (Å²) < 4.78 is 0. The highest BCUT2D eigenvalue weighted by molar-refractivity contribution is 5.90. The maximum atomic E-state index is 2.47. The van der Waals surface area contributed by atoms with Crippen LogP contribution in [0.4, 0.5) is 17.1 Å². The van der Waals surface area contributed by atoms with Crippen LogP contribution in [0.3, 0.4) is 0 Å². The van der Waals surface area contributed by atoms with E-state index in [4.69, 9.17) is 0 Å². The lowest BCUT2D eigenvalue weighted by atomic mass is 9.62. The molecule has 0 atom stereocenters. The minimum atomic E-state index is -0.466. The molecule has 8 rings (SSSR count). The molecule has 1 nitrogen and oxygen atoms in total. The standard InChI is InChI=1S/C38H27N/c1-3-14-29(15-4-1)38(30-24-23-28-25-27-13-7-8-18-32(27)33(28)26-30)34-19-9-11-21-36(34)39(31-16-5-2-6-17-31)37-22-12-10-20-35(37)38/h1-24,26H,25H2. The summed E-state index contributed by atoms with van der Waals surface area (Å²) in [4.78, 5) is 2.43. The molecule has 1 aliphatic heterocycles. The third kappa shape index (κ3) is 3.14. The maximum absolute atomic E-state index is 2.47. The predicted octanol–water partition coefficient (Wildman–Crippen LogP) is 9.42. The molecule has 1 heteroatoms. The van der Waals surface area contributed by atoms with Crippen molar-refractivity contribution >= 4 is 17.1 Å². The lowest BCUT2D eigenvalue weighted by Gasteiger charge is -2.46. The second kappa shape index (κ2) is 8.58. The van der Waals surface area contributed by atoms with Crippen LogP contribution in [0.5, 0.6) is 0 Å². The number of anilines is 3. The Morgan fingerprint density at radius 1 is 0.436 bits per heavy atom. The summed E-state index contributed by atoms with van der Waals surface area (Å²) in [7, 11) is 0. The zero-order valence-corrected chi connectivity index (χ0v) is 21.6. The average molecular weight is 498 g/mol. The number of nitrogens with zero attached hydrogens (tertiary/aromatic N) is 1. The third-order valence-electron chi connectivity index (χ3n) is 8.55. The lowest BCUT2D eigenvalue weighted by molar-refractivity contribution is 0.731. The van der Waals surface area contributed by atoms with E-state index >= 15 is 0 Å². The second-order valence-corrected chi connectivity index (χ2v) is 10.5. The summed E-state index contributed by atoms with van der Waals surface area (Å²) >= 11 is 0. The van der Waals surface area contributed by atoms with Gasteiger partial charge in [0.25, 0.3) is 0 Å². The Kier molecular flexibility index (Phi) is 4.87. The van der Waals surface area contributed by atoms with Crippen LogP contribution < -0.4 is 4.90 Å². The van der Waals surface area contributed by atoms with E-state index < -0.39 is 5.41 Å². The zero-order chi connectivity index (χ0) is 25.8. The molecule has 6 aromatic carbocycles. The molecule has 39 heavy (non-hydrogen) atoms. The van der Waals surface area contributed by atoms with E-state index in [0.29, 0.717) is 0 Å². The molecule has 0 bridgehead atoms. The van der Waals surface area contributed by atoms with Gasteiger partial charge in [-0.2, -0.15) is 0 Å². The molecule has 1 heterocycles. The summed E-state index contributed by atoms with van der Waals surface area (Å²) in [6.07, 6.45) is 0.999. The molecule has 0 fully saturated rings. The first kappa shape index (κ1) is 22.1. The van der Waals surface area contributed by atoms with Crippen LogP contribution in [-0.2, 0) is 11.8 Å². The van der Waals surface area contributed by atoms with Crippen molar-refractivity contribution in [1.82, 2.24) is 0 Å². The molecule has 0 unspecified atom stereocenters. The summed E-state index contributed by atoms with van der Waals surface area (Å²) in [5, 5.41) is 0. The first-order chi connectivity index (χ1) is 19.4. The zero-order valence-electron chi connectivity index (χ0n) is 21.6. The number of hydrogen-bond donors (Lipinski definition) is 0. The monoisotopic (exact) mass is 497 g/mol. The maximum Gasteiger partial charge on any atom is 0.0742 e. The minimum absolute atomic E-state index is 0.466. The van der Waals surface area contributed by atoms with E-state index in [0.717, 1.165) is 6.42 Å². The van der Waals surface area contributed by atoms with Gasteiger partial charge in [-0.1, -0.05) is 121 Å². The first-order valence-corrected chi connectivity index (χ1v) is 13.7. The van der Waals surface area contributed by atoms with Crippen molar-refractivity contribution < 1.29 is 0 Å². The van der Waals surface area contributed by atoms with Gasteiger partial charge in [0, 0.05) is 5.69 Å². The highest BCUT2D eigenvalue weighted by Crippen LogP contribution is 2.58. The highest BCUT2D eigenvalue weighted by atomic mass is 15.2. The molecule has 0 saturated carbocycles. The van der Waals surface area contributed by atoms with Crippen LogP contribution in [0.25, 0.3) is 11.1 Å². The van der Waals surface area contributed by atoms with Crippen molar-refractivity contribution in [1.29, 1.82) is 0 Å². The van der Waals surface area contributed by atoms with Crippen LogP contribution in [0.1, 0.15) is 33.4 Å². The molecule has 1 aliphatic carbocycles. The predicted molar refractivity (Wildman–Crippen MR) is 161 cm³/mol. The van der Waals surface area contributed by atoms with Crippen molar-refractivity contribution in [3.8, 4) is 11.1 Å². The molecule has 0 N–H and O–H groups in total. The van der Waals surface area contributed by atoms with E-state index in [1.807, 2.05) is 0 Å². The van der Waals surface area contributed by atoms with E-state index in [1.165, 1.54) is 61.6 Å². The van der Waals surface area contributed by atoms with Crippen LogP contribution in [0.15, 0.2) is 152 Å². The average Bonchev–Trinajstić information content (AvgIpc) is 3.39. The van der Waals surface area contributed by atoms with Gasteiger partial charge in [-0.3, -0.25) is 0 Å². The van der Waals surface area contributed by atoms with Gasteiger partial charge in [0.15, 0.2) is 0 Å². The fourth-order valence-corrected chi connectivity index (χ4v) is 6.94. The Labute approximate surface area is 229 Å². The number of hydrogen-bond acceptors (Lipinski definition) is 1. The largest absolute Gasteiger partial charge is 0.310 e. The smallest absolute Gasteiger partial charge is 0.0742 e. The fraction of sp³-hybridized carbons (Fsp3) is 0.0526. The van der Waals surface area contributed by atoms with Crippen LogP contribution in [0.2, 0.25) is 0 Å². The molecule has 0 saturated heterocycles. The van der Waals surface area contributed by atoms with Crippen molar-refractivity contribution in [3.05, 3.63) is 185 Å². The Morgan fingerprint density at radius 3 is 1.72 bits per heavy atom. The van der Waals surface area contributed by atoms with Crippen LogP contribution in [0, 0.1) is 0 Å².